The molecule has 0 saturated heterocycles. The molecule has 0 aromatic heterocycles. The van der Waals surface area contributed by atoms with Crippen LogP contribution in [-0.4, -0.2) is 33.2 Å². The van der Waals surface area contributed by atoms with Crippen molar-refractivity contribution in [3.05, 3.63) is 35.4 Å². The van der Waals surface area contributed by atoms with E-state index in [0.717, 1.165) is 24.6 Å². The van der Waals surface area contributed by atoms with Gasteiger partial charge in [0.2, 0.25) is 10.0 Å². The Morgan fingerprint density at radius 3 is 2.38 bits per heavy atom. The minimum Gasteiger partial charge on any atom is -0.351 e. The van der Waals surface area contributed by atoms with Gasteiger partial charge in [-0.05, 0) is 18.6 Å². The number of hydrogen-bond acceptors (Lipinski definition) is 3. The number of unbranched alkanes of at least 4 members (excludes halogenated alkanes) is 1. The van der Waals surface area contributed by atoms with Crippen LogP contribution in [0, 0.1) is 11.6 Å². The molecule has 0 heterocycles. The van der Waals surface area contributed by atoms with Gasteiger partial charge >= 0.3 is 0 Å². The molecule has 0 saturated carbocycles. The summed E-state index contributed by atoms with van der Waals surface area (Å²) >= 11 is 0. The van der Waals surface area contributed by atoms with Crippen molar-refractivity contribution < 1.29 is 22.0 Å². The van der Waals surface area contributed by atoms with Gasteiger partial charge in [0.1, 0.15) is 17.2 Å². The highest BCUT2D eigenvalue weighted by molar-refractivity contribution is 7.89. The molecule has 0 bridgehead atoms. The third-order valence-corrected chi connectivity index (χ3v) is 4.16. The van der Waals surface area contributed by atoms with Crippen molar-refractivity contribution in [2.45, 2.75) is 19.8 Å². The van der Waals surface area contributed by atoms with Crippen LogP contribution in [0.1, 0.15) is 30.1 Å². The first-order chi connectivity index (χ1) is 9.87. The second-order valence-corrected chi connectivity index (χ2v) is 6.35. The van der Waals surface area contributed by atoms with Crippen LogP contribution in [0.15, 0.2) is 18.2 Å². The molecule has 1 amide bonds. The molecular weight excluding hydrogens is 302 g/mol. The predicted molar refractivity (Wildman–Crippen MR) is 75.4 cm³/mol. The quantitative estimate of drug-likeness (QED) is 0.711. The Labute approximate surface area is 122 Å². The van der Waals surface area contributed by atoms with E-state index in [9.17, 15) is 22.0 Å². The van der Waals surface area contributed by atoms with E-state index in [1.165, 1.54) is 0 Å². The summed E-state index contributed by atoms with van der Waals surface area (Å²) in [7, 11) is -3.37. The number of sulfonamides is 1. The molecular formula is C13H18F2N2O3S. The van der Waals surface area contributed by atoms with Crippen molar-refractivity contribution in [1.82, 2.24) is 10.0 Å². The normalized spacial score (nSPS) is 11.4. The van der Waals surface area contributed by atoms with Gasteiger partial charge in [-0.2, -0.15) is 0 Å². The van der Waals surface area contributed by atoms with E-state index in [0.29, 0.717) is 6.42 Å². The molecule has 1 aromatic carbocycles. The number of carbonyl (C=O) groups is 1. The number of hydrogen-bond donors (Lipinski definition) is 2. The molecule has 118 valence electrons. The van der Waals surface area contributed by atoms with Crippen LogP contribution in [0.3, 0.4) is 0 Å². The van der Waals surface area contributed by atoms with E-state index in [-0.39, 0.29) is 18.8 Å². The van der Waals surface area contributed by atoms with Crippen molar-refractivity contribution in [3.63, 3.8) is 0 Å². The predicted octanol–water partition coefficient (Wildman–Crippen LogP) is 1.41. The lowest BCUT2D eigenvalue weighted by Gasteiger charge is -2.08. The van der Waals surface area contributed by atoms with E-state index in [1.54, 1.807) is 0 Å². The Morgan fingerprint density at radius 1 is 1.19 bits per heavy atom. The Balaban J connectivity index is 2.45. The van der Waals surface area contributed by atoms with Crippen molar-refractivity contribution in [2.24, 2.45) is 0 Å². The van der Waals surface area contributed by atoms with Gasteiger partial charge in [-0.1, -0.05) is 19.4 Å². The maximum atomic E-state index is 13.3. The summed E-state index contributed by atoms with van der Waals surface area (Å²) in [6.07, 6.45) is 1.30. The second kappa shape index (κ2) is 8.04. The third-order valence-electron chi connectivity index (χ3n) is 2.69. The average Bonchev–Trinajstić information content (AvgIpc) is 2.41. The summed E-state index contributed by atoms with van der Waals surface area (Å²) in [5.74, 6) is -2.83. The topological polar surface area (TPSA) is 75.3 Å². The van der Waals surface area contributed by atoms with Gasteiger partial charge in [-0.25, -0.2) is 21.9 Å². The van der Waals surface area contributed by atoms with Crippen LogP contribution in [0.4, 0.5) is 8.78 Å². The van der Waals surface area contributed by atoms with E-state index in [2.05, 4.69) is 10.0 Å². The fourth-order valence-electron chi connectivity index (χ4n) is 1.59. The van der Waals surface area contributed by atoms with Gasteiger partial charge in [0.05, 0.1) is 5.75 Å². The van der Waals surface area contributed by atoms with Crippen molar-refractivity contribution in [2.75, 3.05) is 18.8 Å². The number of rotatable bonds is 8. The first kappa shape index (κ1) is 17.5. The van der Waals surface area contributed by atoms with Crippen LogP contribution in [0.2, 0.25) is 0 Å². The standard InChI is InChI=1S/C13H18F2N2O3S/c1-2-3-9-21(19,20)17-8-7-16-13(18)12-10(14)5-4-6-11(12)15/h4-6,17H,2-3,7-9H2,1H3,(H,16,18). The Morgan fingerprint density at radius 2 is 1.81 bits per heavy atom. The van der Waals surface area contributed by atoms with Gasteiger partial charge in [0, 0.05) is 13.1 Å². The minimum absolute atomic E-state index is 0.0133. The lowest BCUT2D eigenvalue weighted by atomic mass is 10.2. The van der Waals surface area contributed by atoms with Gasteiger partial charge in [-0.3, -0.25) is 4.79 Å². The van der Waals surface area contributed by atoms with Crippen LogP contribution >= 0.6 is 0 Å². The molecule has 1 aromatic rings. The lowest BCUT2D eigenvalue weighted by Crippen LogP contribution is -2.36. The van der Waals surface area contributed by atoms with Crippen LogP contribution < -0.4 is 10.0 Å². The van der Waals surface area contributed by atoms with Crippen molar-refractivity contribution >= 4 is 15.9 Å². The third kappa shape index (κ3) is 5.76. The van der Waals surface area contributed by atoms with Crippen LogP contribution in [0.5, 0.6) is 0 Å². The molecule has 2 N–H and O–H groups in total. The minimum atomic E-state index is -3.37. The number of halogens is 2. The molecule has 1 rings (SSSR count). The van der Waals surface area contributed by atoms with Gasteiger partial charge in [0.25, 0.3) is 5.91 Å². The molecule has 0 fully saturated rings. The molecule has 0 unspecified atom stereocenters. The van der Waals surface area contributed by atoms with E-state index < -0.39 is 33.1 Å². The summed E-state index contributed by atoms with van der Waals surface area (Å²) in [5, 5.41) is 2.26. The van der Waals surface area contributed by atoms with E-state index in [4.69, 9.17) is 0 Å². The fraction of sp³-hybridized carbons (Fsp3) is 0.462. The van der Waals surface area contributed by atoms with E-state index >= 15 is 0 Å². The molecule has 5 nitrogen and oxygen atoms in total. The molecule has 0 radical (unpaired) electrons. The zero-order valence-electron chi connectivity index (χ0n) is 11.7. The highest BCUT2D eigenvalue weighted by Gasteiger charge is 2.16. The molecule has 21 heavy (non-hydrogen) atoms. The van der Waals surface area contributed by atoms with Gasteiger partial charge < -0.3 is 5.32 Å². The Kier molecular flexibility index (Phi) is 6.70. The van der Waals surface area contributed by atoms with Crippen molar-refractivity contribution in [1.29, 1.82) is 0 Å². The van der Waals surface area contributed by atoms with E-state index in [1.807, 2.05) is 6.92 Å². The van der Waals surface area contributed by atoms with Gasteiger partial charge in [-0.15, -0.1) is 0 Å². The molecule has 0 aliphatic carbocycles. The molecule has 0 spiro atoms. The largest absolute Gasteiger partial charge is 0.351 e. The average molecular weight is 320 g/mol. The molecule has 8 heteroatoms. The Hall–Kier alpha value is -1.54. The van der Waals surface area contributed by atoms with Crippen molar-refractivity contribution in [3.8, 4) is 0 Å². The first-order valence-electron chi connectivity index (χ1n) is 6.57. The Bertz CT molecular complexity index is 571. The zero-order valence-corrected chi connectivity index (χ0v) is 12.5. The summed E-state index contributed by atoms with van der Waals surface area (Å²) in [6, 6.07) is 3.11. The highest BCUT2D eigenvalue weighted by Crippen LogP contribution is 2.11. The van der Waals surface area contributed by atoms with Gasteiger partial charge in [0.15, 0.2) is 0 Å². The number of benzene rings is 1. The lowest BCUT2D eigenvalue weighted by molar-refractivity contribution is 0.0946. The van der Waals surface area contributed by atoms with Crippen LogP contribution in [-0.2, 0) is 10.0 Å². The monoisotopic (exact) mass is 320 g/mol. The zero-order chi connectivity index (χ0) is 15.9. The molecule has 0 atom stereocenters. The first-order valence-corrected chi connectivity index (χ1v) is 8.22. The maximum Gasteiger partial charge on any atom is 0.257 e. The maximum absolute atomic E-state index is 13.3. The summed E-state index contributed by atoms with van der Waals surface area (Å²) in [5.41, 5.74) is -0.675. The second-order valence-electron chi connectivity index (χ2n) is 4.42. The smallest absolute Gasteiger partial charge is 0.257 e. The summed E-state index contributed by atoms with van der Waals surface area (Å²) < 4.78 is 51.9. The number of carbonyl (C=O) groups excluding carboxylic acids is 1. The summed E-state index contributed by atoms with van der Waals surface area (Å²) in [6.45, 7) is 1.78. The number of amides is 1. The molecule has 0 aliphatic heterocycles. The fourth-order valence-corrected chi connectivity index (χ4v) is 2.82. The summed E-state index contributed by atoms with van der Waals surface area (Å²) in [4.78, 5) is 11.6. The number of nitrogens with one attached hydrogen (secondary N) is 2. The highest BCUT2D eigenvalue weighted by atomic mass is 32.2. The molecule has 0 aliphatic rings. The van der Waals surface area contributed by atoms with Crippen LogP contribution in [0.25, 0.3) is 0 Å². The SMILES string of the molecule is CCCCS(=O)(=O)NCCNC(=O)c1c(F)cccc1F.